The van der Waals surface area contributed by atoms with Crippen molar-refractivity contribution in [3.05, 3.63) is 72.6 Å². The summed E-state index contributed by atoms with van der Waals surface area (Å²) in [5.74, 6) is -0.441. The average molecular weight is 319 g/mol. The van der Waals surface area contributed by atoms with Crippen molar-refractivity contribution in [2.24, 2.45) is 0 Å². The normalized spacial score (nSPS) is 10.4. The quantitative estimate of drug-likeness (QED) is 0.804. The molecule has 0 fully saturated rings. The number of nitrogens with one attached hydrogen (secondary N) is 1. The second kappa shape index (κ2) is 6.91. The number of anilines is 1. The number of rotatable bonds is 4. The second-order valence-electron chi connectivity index (χ2n) is 5.51. The Balaban J connectivity index is 1.68. The van der Waals surface area contributed by atoms with Gasteiger partial charge in [-0.2, -0.15) is 0 Å². The van der Waals surface area contributed by atoms with Crippen LogP contribution in [0.15, 0.2) is 67.0 Å². The molecular formula is C19H17N3O2. The predicted octanol–water partition coefficient (Wildman–Crippen LogP) is 2.95. The molecule has 0 saturated heterocycles. The van der Waals surface area contributed by atoms with Gasteiger partial charge >= 0.3 is 0 Å². The molecule has 0 aliphatic heterocycles. The van der Waals surface area contributed by atoms with E-state index < -0.39 is 0 Å². The van der Waals surface area contributed by atoms with Crippen molar-refractivity contribution in [3.8, 4) is 0 Å². The molecule has 0 aliphatic carbocycles. The summed E-state index contributed by atoms with van der Waals surface area (Å²) in [6.07, 6.45) is 3.19. The first-order valence-corrected chi connectivity index (χ1v) is 7.57. The maximum absolute atomic E-state index is 12.5. The molecule has 2 amide bonds. The first-order chi connectivity index (χ1) is 11.6. The third kappa shape index (κ3) is 3.57. The maximum Gasteiger partial charge on any atom is 0.254 e. The van der Waals surface area contributed by atoms with Crippen molar-refractivity contribution in [1.82, 2.24) is 9.88 Å². The highest BCUT2D eigenvalue weighted by molar-refractivity contribution is 6.01. The first-order valence-electron chi connectivity index (χ1n) is 7.57. The molecule has 0 radical (unpaired) electrons. The number of fused-ring (bicyclic) bond motifs is 1. The molecule has 120 valence electrons. The van der Waals surface area contributed by atoms with Gasteiger partial charge in [-0.3, -0.25) is 14.6 Å². The number of aromatic nitrogens is 1. The van der Waals surface area contributed by atoms with E-state index in [1.165, 1.54) is 4.90 Å². The van der Waals surface area contributed by atoms with E-state index in [1.807, 2.05) is 36.4 Å². The average Bonchev–Trinajstić information content (AvgIpc) is 2.61. The molecule has 0 bridgehead atoms. The van der Waals surface area contributed by atoms with E-state index in [4.69, 9.17) is 0 Å². The zero-order chi connectivity index (χ0) is 16.9. The van der Waals surface area contributed by atoms with Gasteiger partial charge in [-0.15, -0.1) is 0 Å². The van der Waals surface area contributed by atoms with Crippen molar-refractivity contribution in [2.75, 3.05) is 18.9 Å². The van der Waals surface area contributed by atoms with Crippen molar-refractivity contribution in [2.45, 2.75) is 0 Å². The van der Waals surface area contributed by atoms with Gasteiger partial charge in [0.1, 0.15) is 0 Å². The van der Waals surface area contributed by atoms with Gasteiger partial charge in [0.05, 0.1) is 6.54 Å². The summed E-state index contributed by atoms with van der Waals surface area (Å²) in [6, 6.07) is 16.8. The van der Waals surface area contributed by atoms with Crippen LogP contribution in [0.5, 0.6) is 0 Å². The molecule has 0 spiro atoms. The van der Waals surface area contributed by atoms with Crippen molar-refractivity contribution >= 4 is 28.3 Å². The summed E-state index contributed by atoms with van der Waals surface area (Å²) < 4.78 is 0. The molecule has 5 heteroatoms. The van der Waals surface area contributed by atoms with Crippen molar-refractivity contribution < 1.29 is 9.59 Å². The standard InChI is InChI=1S/C19H17N3O2/c1-22(13-18(23)21-17-8-10-20-11-9-17)19(24)16-7-6-14-4-2-3-5-15(14)12-16/h2-12H,13H2,1H3,(H,20,21,23). The summed E-state index contributed by atoms with van der Waals surface area (Å²) in [5, 5.41) is 4.81. The topological polar surface area (TPSA) is 62.3 Å². The summed E-state index contributed by atoms with van der Waals surface area (Å²) in [6.45, 7) is -0.0199. The van der Waals surface area contributed by atoms with Crippen molar-refractivity contribution in [3.63, 3.8) is 0 Å². The van der Waals surface area contributed by atoms with Gasteiger partial charge in [0, 0.05) is 30.7 Å². The summed E-state index contributed by atoms with van der Waals surface area (Å²) in [4.78, 5) is 29.9. The van der Waals surface area contributed by atoms with Crippen LogP contribution in [0.2, 0.25) is 0 Å². The van der Waals surface area contributed by atoms with E-state index in [0.29, 0.717) is 11.3 Å². The molecule has 0 unspecified atom stereocenters. The van der Waals surface area contributed by atoms with Crippen LogP contribution >= 0.6 is 0 Å². The van der Waals surface area contributed by atoms with Crippen LogP contribution in [0.3, 0.4) is 0 Å². The first kappa shape index (κ1) is 15.7. The smallest absolute Gasteiger partial charge is 0.254 e. The van der Waals surface area contributed by atoms with Crippen LogP contribution in [-0.4, -0.2) is 35.3 Å². The third-order valence-electron chi connectivity index (χ3n) is 3.69. The number of benzene rings is 2. The predicted molar refractivity (Wildman–Crippen MR) is 93.8 cm³/mol. The largest absolute Gasteiger partial charge is 0.332 e. The molecule has 3 aromatic rings. The Morgan fingerprint density at radius 3 is 2.46 bits per heavy atom. The molecule has 0 atom stereocenters. The fraction of sp³-hybridized carbons (Fsp3) is 0.105. The zero-order valence-electron chi connectivity index (χ0n) is 13.3. The minimum atomic E-state index is -0.252. The lowest BCUT2D eigenvalue weighted by molar-refractivity contribution is -0.116. The number of pyridine rings is 1. The molecule has 24 heavy (non-hydrogen) atoms. The molecule has 1 heterocycles. The van der Waals surface area contributed by atoms with E-state index in [1.54, 1.807) is 37.6 Å². The van der Waals surface area contributed by atoms with Crippen LogP contribution in [0.1, 0.15) is 10.4 Å². The fourth-order valence-electron chi connectivity index (χ4n) is 2.47. The van der Waals surface area contributed by atoms with Crippen molar-refractivity contribution in [1.29, 1.82) is 0 Å². The summed E-state index contributed by atoms with van der Waals surface area (Å²) in [5.41, 5.74) is 1.22. The van der Waals surface area contributed by atoms with Crippen LogP contribution < -0.4 is 5.32 Å². The SMILES string of the molecule is CN(CC(=O)Nc1ccncc1)C(=O)c1ccc2ccccc2c1. The highest BCUT2D eigenvalue weighted by Gasteiger charge is 2.15. The molecule has 1 aromatic heterocycles. The Bertz CT molecular complexity index is 878. The number of nitrogens with zero attached hydrogens (tertiary/aromatic N) is 2. The van der Waals surface area contributed by atoms with Gasteiger partial charge < -0.3 is 10.2 Å². The Morgan fingerprint density at radius 1 is 1.00 bits per heavy atom. The number of carbonyl (C=O) groups is 2. The number of amides is 2. The Hall–Kier alpha value is -3.21. The number of carbonyl (C=O) groups excluding carboxylic acids is 2. The minimum absolute atomic E-state index is 0.0199. The lowest BCUT2D eigenvalue weighted by Crippen LogP contribution is -2.34. The lowest BCUT2D eigenvalue weighted by atomic mass is 10.1. The number of hydrogen-bond donors (Lipinski definition) is 1. The van der Waals surface area contributed by atoms with Crippen LogP contribution in [-0.2, 0) is 4.79 Å². The zero-order valence-corrected chi connectivity index (χ0v) is 13.3. The summed E-state index contributed by atoms with van der Waals surface area (Å²) in [7, 11) is 1.61. The summed E-state index contributed by atoms with van der Waals surface area (Å²) >= 11 is 0. The van der Waals surface area contributed by atoms with Gasteiger partial charge in [0.25, 0.3) is 5.91 Å². The van der Waals surface area contributed by atoms with E-state index in [-0.39, 0.29) is 18.4 Å². The Kier molecular flexibility index (Phi) is 4.52. The molecule has 2 aromatic carbocycles. The molecule has 1 N–H and O–H groups in total. The maximum atomic E-state index is 12.5. The van der Waals surface area contributed by atoms with Gasteiger partial charge in [-0.25, -0.2) is 0 Å². The molecule has 0 aliphatic rings. The molecule has 5 nitrogen and oxygen atoms in total. The number of likely N-dealkylation sites (N-methyl/N-ethyl adjacent to an activating group) is 1. The Labute approximate surface area is 139 Å². The molecular weight excluding hydrogens is 302 g/mol. The van der Waals surface area contributed by atoms with E-state index >= 15 is 0 Å². The highest BCUT2D eigenvalue weighted by Crippen LogP contribution is 2.16. The monoisotopic (exact) mass is 319 g/mol. The third-order valence-corrected chi connectivity index (χ3v) is 3.69. The molecule has 3 rings (SSSR count). The minimum Gasteiger partial charge on any atom is -0.332 e. The van der Waals surface area contributed by atoms with Gasteiger partial charge in [0.15, 0.2) is 0 Å². The van der Waals surface area contributed by atoms with E-state index in [0.717, 1.165) is 10.8 Å². The van der Waals surface area contributed by atoms with Gasteiger partial charge in [-0.05, 0) is 35.0 Å². The van der Waals surface area contributed by atoms with E-state index in [2.05, 4.69) is 10.3 Å². The second-order valence-corrected chi connectivity index (χ2v) is 5.51. The van der Waals surface area contributed by atoms with Crippen LogP contribution in [0.25, 0.3) is 10.8 Å². The number of hydrogen-bond acceptors (Lipinski definition) is 3. The highest BCUT2D eigenvalue weighted by atomic mass is 16.2. The van der Waals surface area contributed by atoms with Gasteiger partial charge in [-0.1, -0.05) is 30.3 Å². The fourth-order valence-corrected chi connectivity index (χ4v) is 2.47. The van der Waals surface area contributed by atoms with Crippen LogP contribution in [0, 0.1) is 0 Å². The lowest BCUT2D eigenvalue weighted by Gasteiger charge is -2.17. The van der Waals surface area contributed by atoms with Gasteiger partial charge in [0.2, 0.25) is 5.91 Å². The van der Waals surface area contributed by atoms with E-state index in [9.17, 15) is 9.59 Å². The molecule has 0 saturated carbocycles. The Morgan fingerprint density at radius 2 is 1.71 bits per heavy atom. The van der Waals surface area contributed by atoms with Crippen LogP contribution in [0.4, 0.5) is 5.69 Å².